The number of likely N-dealkylation sites (tertiary alicyclic amines) is 1. The molecule has 1 aliphatic rings. The molecule has 25 heavy (non-hydrogen) atoms. The number of guanidine groups is 1. The van der Waals surface area contributed by atoms with E-state index in [0.717, 1.165) is 24.1 Å². The van der Waals surface area contributed by atoms with E-state index in [-0.39, 0.29) is 12.5 Å². The Morgan fingerprint density at radius 1 is 1.24 bits per heavy atom. The van der Waals surface area contributed by atoms with Crippen molar-refractivity contribution in [3.8, 4) is 0 Å². The molecule has 0 aromatic heterocycles. The highest BCUT2D eigenvalue weighted by molar-refractivity contribution is 5.79. The van der Waals surface area contributed by atoms with Gasteiger partial charge >= 0.3 is 6.18 Å². The monoisotopic (exact) mass is 356 g/mol. The van der Waals surface area contributed by atoms with Gasteiger partial charge in [0.15, 0.2) is 5.96 Å². The standard InChI is InChI=1S/C17H23F3N4O/c1-21-16(22-9-8-17(18,19)20)23-11-13-5-2-3-6-14(13)12-24-10-4-7-15(24)25/h2-3,5-6H,4,7-12H2,1H3,(H2,21,22,23). The van der Waals surface area contributed by atoms with Crippen LogP contribution in [0.5, 0.6) is 0 Å². The molecular formula is C17H23F3N4O. The molecule has 0 aliphatic carbocycles. The largest absolute Gasteiger partial charge is 0.390 e. The first-order chi connectivity index (χ1) is 11.9. The smallest absolute Gasteiger partial charge is 0.356 e. The van der Waals surface area contributed by atoms with E-state index in [9.17, 15) is 18.0 Å². The van der Waals surface area contributed by atoms with Gasteiger partial charge in [-0.25, -0.2) is 0 Å². The van der Waals surface area contributed by atoms with Crippen LogP contribution in [0.1, 0.15) is 30.4 Å². The highest BCUT2D eigenvalue weighted by Gasteiger charge is 2.26. The molecule has 1 heterocycles. The normalized spacial score (nSPS) is 15.6. The van der Waals surface area contributed by atoms with Gasteiger partial charge in [-0.3, -0.25) is 9.79 Å². The highest BCUT2D eigenvalue weighted by Crippen LogP contribution is 2.18. The lowest BCUT2D eigenvalue weighted by atomic mass is 10.1. The van der Waals surface area contributed by atoms with Crippen LogP contribution in [-0.4, -0.2) is 43.1 Å². The van der Waals surface area contributed by atoms with Gasteiger partial charge < -0.3 is 15.5 Å². The molecule has 5 nitrogen and oxygen atoms in total. The maximum absolute atomic E-state index is 12.2. The number of amides is 1. The molecule has 1 amide bonds. The van der Waals surface area contributed by atoms with E-state index in [1.807, 2.05) is 29.2 Å². The predicted molar refractivity (Wildman–Crippen MR) is 90.0 cm³/mol. The number of nitrogens with zero attached hydrogens (tertiary/aromatic N) is 2. The van der Waals surface area contributed by atoms with Gasteiger partial charge in [-0.05, 0) is 17.5 Å². The number of hydrogen-bond acceptors (Lipinski definition) is 2. The average Bonchev–Trinajstić information content (AvgIpc) is 2.96. The van der Waals surface area contributed by atoms with E-state index in [1.165, 1.54) is 7.05 Å². The van der Waals surface area contributed by atoms with Crippen LogP contribution in [-0.2, 0) is 17.9 Å². The molecule has 1 fully saturated rings. The van der Waals surface area contributed by atoms with Crippen LogP contribution in [0.25, 0.3) is 0 Å². The molecule has 0 unspecified atom stereocenters. The minimum atomic E-state index is -4.19. The third kappa shape index (κ3) is 6.28. The van der Waals surface area contributed by atoms with Gasteiger partial charge in [-0.15, -0.1) is 0 Å². The molecule has 0 bridgehead atoms. The van der Waals surface area contributed by atoms with Crippen molar-refractivity contribution in [3.05, 3.63) is 35.4 Å². The van der Waals surface area contributed by atoms with E-state index in [4.69, 9.17) is 0 Å². The summed E-state index contributed by atoms with van der Waals surface area (Å²) in [6, 6.07) is 7.70. The Hall–Kier alpha value is -2.25. The number of alkyl halides is 3. The summed E-state index contributed by atoms with van der Waals surface area (Å²) in [7, 11) is 1.51. The number of rotatable bonds is 6. The molecule has 0 spiro atoms. The van der Waals surface area contributed by atoms with Gasteiger partial charge in [0.05, 0.1) is 6.42 Å². The zero-order valence-corrected chi connectivity index (χ0v) is 14.2. The second-order valence-electron chi connectivity index (χ2n) is 5.91. The van der Waals surface area contributed by atoms with Gasteiger partial charge in [-0.2, -0.15) is 13.2 Å². The molecule has 2 rings (SSSR count). The van der Waals surface area contributed by atoms with Crippen LogP contribution in [0, 0.1) is 0 Å². The quantitative estimate of drug-likeness (QED) is 0.608. The third-order valence-electron chi connectivity index (χ3n) is 4.02. The number of hydrogen-bond donors (Lipinski definition) is 2. The maximum Gasteiger partial charge on any atom is 0.390 e. The van der Waals surface area contributed by atoms with Crippen LogP contribution in [0.2, 0.25) is 0 Å². The third-order valence-corrected chi connectivity index (χ3v) is 4.02. The summed E-state index contributed by atoms with van der Waals surface area (Å²) in [5, 5.41) is 5.67. The molecule has 1 aromatic rings. The van der Waals surface area contributed by atoms with E-state index in [2.05, 4.69) is 15.6 Å². The van der Waals surface area contributed by atoms with Gasteiger partial charge in [0.25, 0.3) is 0 Å². The summed E-state index contributed by atoms with van der Waals surface area (Å²) in [5.41, 5.74) is 2.01. The number of nitrogens with one attached hydrogen (secondary N) is 2. The average molecular weight is 356 g/mol. The second-order valence-corrected chi connectivity index (χ2v) is 5.91. The number of aliphatic imine (C=N–C) groups is 1. The van der Waals surface area contributed by atoms with Crippen LogP contribution < -0.4 is 10.6 Å². The lowest BCUT2D eigenvalue weighted by molar-refractivity contribution is -0.133. The number of carbonyl (C=O) groups excluding carboxylic acids is 1. The lowest BCUT2D eigenvalue weighted by Crippen LogP contribution is -2.38. The minimum absolute atomic E-state index is 0.160. The van der Waals surface area contributed by atoms with Crippen LogP contribution in [0.15, 0.2) is 29.3 Å². The SMILES string of the molecule is CN=C(NCCC(F)(F)F)NCc1ccccc1CN1CCCC1=O. The molecule has 8 heteroatoms. The van der Waals surface area contributed by atoms with Gasteiger partial charge in [0.1, 0.15) is 0 Å². The van der Waals surface area contributed by atoms with Crippen LogP contribution >= 0.6 is 0 Å². The van der Waals surface area contributed by atoms with E-state index >= 15 is 0 Å². The molecule has 138 valence electrons. The first-order valence-corrected chi connectivity index (χ1v) is 8.25. The van der Waals surface area contributed by atoms with Crippen molar-refractivity contribution in [1.82, 2.24) is 15.5 Å². The molecule has 0 saturated carbocycles. The minimum Gasteiger partial charge on any atom is -0.356 e. The summed E-state index contributed by atoms with van der Waals surface area (Å²) >= 11 is 0. The van der Waals surface area contributed by atoms with E-state index in [1.54, 1.807) is 0 Å². The Morgan fingerprint density at radius 2 is 1.96 bits per heavy atom. The maximum atomic E-state index is 12.2. The summed E-state index contributed by atoms with van der Waals surface area (Å²) in [6.45, 7) is 1.51. The van der Waals surface area contributed by atoms with Gasteiger partial charge in [0.2, 0.25) is 5.91 Å². The summed E-state index contributed by atoms with van der Waals surface area (Å²) in [5.74, 6) is 0.476. The van der Waals surface area contributed by atoms with E-state index < -0.39 is 12.6 Å². The van der Waals surface area contributed by atoms with Crippen LogP contribution in [0.4, 0.5) is 13.2 Å². The Balaban J connectivity index is 1.90. The zero-order valence-electron chi connectivity index (χ0n) is 14.2. The van der Waals surface area contributed by atoms with Crippen molar-refractivity contribution in [1.29, 1.82) is 0 Å². The van der Waals surface area contributed by atoms with Gasteiger partial charge in [-0.1, -0.05) is 24.3 Å². The predicted octanol–water partition coefficient (Wildman–Crippen LogP) is 2.43. The van der Waals surface area contributed by atoms with Crippen molar-refractivity contribution in [3.63, 3.8) is 0 Å². The Labute approximate surface area is 145 Å². The Bertz CT molecular complexity index is 616. The van der Waals surface area contributed by atoms with Crippen molar-refractivity contribution in [2.75, 3.05) is 20.1 Å². The fraction of sp³-hybridized carbons (Fsp3) is 0.529. The highest BCUT2D eigenvalue weighted by atomic mass is 19.4. The van der Waals surface area contributed by atoms with E-state index in [0.29, 0.717) is 25.5 Å². The first kappa shape index (κ1) is 19.1. The molecule has 1 aromatic carbocycles. The van der Waals surface area contributed by atoms with Crippen molar-refractivity contribution in [2.24, 2.45) is 4.99 Å². The van der Waals surface area contributed by atoms with Crippen molar-refractivity contribution < 1.29 is 18.0 Å². The number of halogens is 3. The first-order valence-electron chi connectivity index (χ1n) is 8.25. The topological polar surface area (TPSA) is 56.7 Å². The zero-order chi connectivity index (χ0) is 18.3. The van der Waals surface area contributed by atoms with Crippen molar-refractivity contribution in [2.45, 2.75) is 38.5 Å². The molecule has 0 radical (unpaired) electrons. The molecule has 0 atom stereocenters. The molecular weight excluding hydrogens is 333 g/mol. The summed E-state index contributed by atoms with van der Waals surface area (Å²) in [6.07, 6.45) is -3.63. The number of carbonyl (C=O) groups is 1. The summed E-state index contributed by atoms with van der Waals surface area (Å²) < 4.78 is 36.6. The molecule has 1 aliphatic heterocycles. The van der Waals surface area contributed by atoms with Crippen LogP contribution in [0.3, 0.4) is 0 Å². The fourth-order valence-corrected chi connectivity index (χ4v) is 2.68. The summed E-state index contributed by atoms with van der Waals surface area (Å²) in [4.78, 5) is 17.5. The Morgan fingerprint density at radius 3 is 2.56 bits per heavy atom. The molecule has 1 saturated heterocycles. The number of benzene rings is 1. The lowest BCUT2D eigenvalue weighted by Gasteiger charge is -2.19. The fourth-order valence-electron chi connectivity index (χ4n) is 2.68. The van der Waals surface area contributed by atoms with Crippen molar-refractivity contribution >= 4 is 11.9 Å². The second kappa shape index (κ2) is 8.73. The van der Waals surface area contributed by atoms with Gasteiger partial charge in [0, 0.05) is 39.6 Å². The molecule has 2 N–H and O–H groups in total. The Kier molecular flexibility index (Phi) is 6.66.